The van der Waals surface area contributed by atoms with Gasteiger partial charge in [-0.15, -0.1) is 0 Å². The summed E-state index contributed by atoms with van der Waals surface area (Å²) >= 11 is 0. The van der Waals surface area contributed by atoms with Gasteiger partial charge in [0.2, 0.25) is 0 Å². The largest absolute Gasteiger partial charge is 0.497 e. The molecule has 1 heterocycles. The molecule has 0 atom stereocenters. The zero-order valence-corrected chi connectivity index (χ0v) is 14.9. The van der Waals surface area contributed by atoms with Crippen LogP contribution in [0.15, 0.2) is 54.7 Å². The van der Waals surface area contributed by atoms with E-state index in [4.69, 9.17) is 24.5 Å². The van der Waals surface area contributed by atoms with Crippen molar-refractivity contribution in [3.05, 3.63) is 65.9 Å². The number of aromatic amines is 1. The van der Waals surface area contributed by atoms with Gasteiger partial charge in [-0.3, -0.25) is 0 Å². The van der Waals surface area contributed by atoms with Crippen LogP contribution in [0.1, 0.15) is 11.1 Å². The van der Waals surface area contributed by atoms with Crippen LogP contribution in [0.25, 0.3) is 10.9 Å². The molecule has 0 saturated carbocycles. The van der Waals surface area contributed by atoms with Crippen LogP contribution >= 0.6 is 0 Å². The lowest BCUT2D eigenvalue weighted by molar-refractivity contribution is -0.159. The molecule has 0 radical (unpaired) electrons. The number of rotatable bonds is 6. The summed E-state index contributed by atoms with van der Waals surface area (Å²) in [6, 6.07) is 16.7. The minimum Gasteiger partial charge on any atom is -0.497 e. The van der Waals surface area contributed by atoms with Crippen molar-refractivity contribution >= 4 is 22.8 Å². The molecular formula is C20H22N2O5. The first-order chi connectivity index (χ1) is 13.0. The maximum atomic E-state index is 9.10. The number of fused-ring (bicyclic) bond motifs is 1. The van der Waals surface area contributed by atoms with Gasteiger partial charge in [0.25, 0.3) is 0 Å². The van der Waals surface area contributed by atoms with Gasteiger partial charge in [0.05, 0.1) is 7.11 Å². The summed E-state index contributed by atoms with van der Waals surface area (Å²) in [4.78, 5) is 21.5. The Hall–Kier alpha value is -3.32. The van der Waals surface area contributed by atoms with Gasteiger partial charge >= 0.3 is 11.9 Å². The highest BCUT2D eigenvalue weighted by atomic mass is 16.5. The van der Waals surface area contributed by atoms with E-state index in [0.717, 1.165) is 25.3 Å². The molecule has 0 fully saturated rings. The smallest absolute Gasteiger partial charge is 0.414 e. The summed E-state index contributed by atoms with van der Waals surface area (Å²) in [5, 5.41) is 19.6. The first kappa shape index (κ1) is 20.0. The molecule has 0 bridgehead atoms. The van der Waals surface area contributed by atoms with Gasteiger partial charge in [0.15, 0.2) is 0 Å². The highest BCUT2D eigenvalue weighted by molar-refractivity contribution is 6.27. The van der Waals surface area contributed by atoms with E-state index >= 15 is 0 Å². The van der Waals surface area contributed by atoms with Gasteiger partial charge in [-0.25, -0.2) is 9.59 Å². The Morgan fingerprint density at radius 3 is 2.33 bits per heavy atom. The van der Waals surface area contributed by atoms with Crippen LogP contribution in [0.2, 0.25) is 0 Å². The Balaban J connectivity index is 0.000000380. The molecule has 0 spiro atoms. The molecule has 142 valence electrons. The molecule has 7 nitrogen and oxygen atoms in total. The molecule has 0 aliphatic carbocycles. The van der Waals surface area contributed by atoms with E-state index in [9.17, 15) is 0 Å². The quantitative estimate of drug-likeness (QED) is 0.392. The predicted molar refractivity (Wildman–Crippen MR) is 102 cm³/mol. The lowest BCUT2D eigenvalue weighted by atomic mass is 10.1. The average molecular weight is 370 g/mol. The fourth-order valence-electron chi connectivity index (χ4n) is 2.53. The van der Waals surface area contributed by atoms with Crippen LogP contribution in [0, 0.1) is 0 Å². The Bertz CT molecular complexity index is 875. The van der Waals surface area contributed by atoms with Crippen LogP contribution in [0.3, 0.4) is 0 Å². The third-order valence-electron chi connectivity index (χ3n) is 3.92. The number of ether oxygens (including phenoxy) is 1. The summed E-state index contributed by atoms with van der Waals surface area (Å²) in [7, 11) is 1.69. The molecule has 1 aromatic heterocycles. The molecule has 0 saturated heterocycles. The van der Waals surface area contributed by atoms with Crippen molar-refractivity contribution in [2.75, 3.05) is 13.7 Å². The molecule has 3 aromatic rings. The number of carbonyl (C=O) groups is 2. The van der Waals surface area contributed by atoms with Gasteiger partial charge in [0, 0.05) is 23.6 Å². The van der Waals surface area contributed by atoms with Gasteiger partial charge in [0.1, 0.15) is 5.75 Å². The molecule has 27 heavy (non-hydrogen) atoms. The van der Waals surface area contributed by atoms with E-state index in [0.29, 0.717) is 0 Å². The Labute approximate surface area is 156 Å². The lowest BCUT2D eigenvalue weighted by Crippen LogP contribution is -2.16. The highest BCUT2D eigenvalue weighted by Gasteiger charge is 2.04. The number of hydrogen-bond acceptors (Lipinski definition) is 4. The molecule has 7 heteroatoms. The number of nitrogens with one attached hydrogen (secondary N) is 2. The topological polar surface area (TPSA) is 112 Å². The third-order valence-corrected chi connectivity index (χ3v) is 3.92. The molecule has 0 unspecified atom stereocenters. The van der Waals surface area contributed by atoms with Crippen molar-refractivity contribution in [2.45, 2.75) is 13.0 Å². The maximum absolute atomic E-state index is 9.10. The van der Waals surface area contributed by atoms with Crippen LogP contribution < -0.4 is 10.1 Å². The highest BCUT2D eigenvalue weighted by Crippen LogP contribution is 2.17. The monoisotopic (exact) mass is 370 g/mol. The van der Waals surface area contributed by atoms with Crippen molar-refractivity contribution in [2.24, 2.45) is 0 Å². The predicted octanol–water partition coefficient (Wildman–Crippen LogP) is 2.66. The summed E-state index contributed by atoms with van der Waals surface area (Å²) in [5.74, 6) is -2.74. The second-order valence-electron chi connectivity index (χ2n) is 5.74. The zero-order chi connectivity index (χ0) is 19.6. The fraction of sp³-hybridized carbons (Fsp3) is 0.200. The SMILES string of the molecule is COc1ccc(CCNCc2c[nH]c3ccccc23)cc1.O=C(O)C(=O)O. The number of H-pyrrole nitrogens is 1. The van der Waals surface area contributed by atoms with Gasteiger partial charge < -0.3 is 25.3 Å². The maximum Gasteiger partial charge on any atom is 0.414 e. The van der Waals surface area contributed by atoms with Gasteiger partial charge in [-0.1, -0.05) is 30.3 Å². The Kier molecular flexibility index (Phi) is 7.39. The Morgan fingerprint density at radius 2 is 1.70 bits per heavy atom. The van der Waals surface area contributed by atoms with Crippen molar-refractivity contribution in [1.82, 2.24) is 10.3 Å². The van der Waals surface area contributed by atoms with Crippen LogP contribution in [-0.4, -0.2) is 40.8 Å². The normalized spacial score (nSPS) is 10.1. The van der Waals surface area contributed by atoms with Crippen LogP contribution in [-0.2, 0) is 22.6 Å². The summed E-state index contributed by atoms with van der Waals surface area (Å²) in [5.41, 5.74) is 3.84. The van der Waals surface area contributed by atoms with E-state index in [-0.39, 0.29) is 0 Å². The number of para-hydroxylation sites is 1. The van der Waals surface area contributed by atoms with E-state index in [2.05, 4.69) is 52.9 Å². The number of carboxylic acids is 2. The lowest BCUT2D eigenvalue weighted by Gasteiger charge is -2.05. The second-order valence-corrected chi connectivity index (χ2v) is 5.74. The Morgan fingerprint density at radius 1 is 1.04 bits per heavy atom. The summed E-state index contributed by atoms with van der Waals surface area (Å²) in [6.45, 7) is 1.85. The number of aromatic nitrogens is 1. The van der Waals surface area contributed by atoms with E-state index in [1.54, 1.807) is 7.11 Å². The van der Waals surface area contributed by atoms with Gasteiger partial charge in [-0.05, 0) is 42.3 Å². The molecule has 0 aliphatic rings. The standard InChI is InChI=1S/C18H20N2O.C2H2O4/c1-21-16-8-6-14(7-9-16)10-11-19-12-15-13-20-18-5-3-2-4-17(15)18;3-1(4)2(5)6/h2-9,13,19-20H,10-12H2,1H3;(H,3,4)(H,5,6). The number of methoxy groups -OCH3 is 1. The van der Waals surface area contributed by atoms with Crippen LogP contribution in [0.4, 0.5) is 0 Å². The number of carboxylic acid groups (broad SMARTS) is 2. The van der Waals surface area contributed by atoms with Gasteiger partial charge in [-0.2, -0.15) is 0 Å². The minimum atomic E-state index is -1.82. The summed E-state index contributed by atoms with van der Waals surface area (Å²) < 4.78 is 5.17. The summed E-state index contributed by atoms with van der Waals surface area (Å²) in [6.07, 6.45) is 3.11. The zero-order valence-electron chi connectivity index (χ0n) is 14.9. The average Bonchev–Trinajstić information content (AvgIpc) is 3.09. The van der Waals surface area contributed by atoms with Crippen molar-refractivity contribution in [3.63, 3.8) is 0 Å². The van der Waals surface area contributed by atoms with Crippen LogP contribution in [0.5, 0.6) is 5.75 Å². The third kappa shape index (κ3) is 6.16. The first-order valence-electron chi connectivity index (χ1n) is 8.36. The molecule has 0 aliphatic heterocycles. The number of benzene rings is 2. The van der Waals surface area contributed by atoms with Crippen molar-refractivity contribution < 1.29 is 24.5 Å². The van der Waals surface area contributed by atoms with Crippen molar-refractivity contribution in [3.8, 4) is 5.75 Å². The fourth-order valence-corrected chi connectivity index (χ4v) is 2.53. The molecular weight excluding hydrogens is 348 g/mol. The molecule has 4 N–H and O–H groups in total. The van der Waals surface area contributed by atoms with E-state index < -0.39 is 11.9 Å². The first-order valence-corrected chi connectivity index (χ1v) is 8.36. The molecule has 3 rings (SSSR count). The minimum absolute atomic E-state index is 0.889. The van der Waals surface area contributed by atoms with Crippen molar-refractivity contribution in [1.29, 1.82) is 0 Å². The molecule has 0 amide bonds. The second kappa shape index (κ2) is 9.98. The number of aliphatic carboxylic acids is 2. The van der Waals surface area contributed by atoms with E-state index in [1.165, 1.54) is 22.0 Å². The van der Waals surface area contributed by atoms with E-state index in [1.807, 2.05) is 12.1 Å². The molecule has 2 aromatic carbocycles. The number of hydrogen-bond donors (Lipinski definition) is 4.